The van der Waals surface area contributed by atoms with E-state index in [9.17, 15) is 31.4 Å². The molecule has 0 spiro atoms. The van der Waals surface area contributed by atoms with Gasteiger partial charge in [-0.3, -0.25) is 4.90 Å². The minimum atomic E-state index is -5.54. The van der Waals surface area contributed by atoms with Gasteiger partial charge in [-0.05, 0) is 39.2 Å². The van der Waals surface area contributed by atoms with E-state index in [1.54, 1.807) is 4.90 Å². The van der Waals surface area contributed by atoms with Gasteiger partial charge in [0.15, 0.2) is 0 Å². The van der Waals surface area contributed by atoms with Crippen molar-refractivity contribution in [1.29, 1.82) is 0 Å². The van der Waals surface area contributed by atoms with Crippen LogP contribution in [0.3, 0.4) is 0 Å². The minimum absolute atomic E-state index is 0.0191. The van der Waals surface area contributed by atoms with E-state index in [0.717, 1.165) is 6.42 Å². The lowest BCUT2D eigenvalue weighted by Gasteiger charge is -2.37. The number of nitrogens with zero attached hydrogens (tertiary/aromatic N) is 1. The number of aliphatic hydroxyl groups excluding tert-OH is 1. The van der Waals surface area contributed by atoms with Crippen LogP contribution in [0.25, 0.3) is 0 Å². The zero-order chi connectivity index (χ0) is 16.8. The third-order valence-electron chi connectivity index (χ3n) is 4.97. The normalized spacial score (nSPS) is 30.8. The molecule has 2 atom stereocenters. The van der Waals surface area contributed by atoms with Crippen molar-refractivity contribution in [1.82, 2.24) is 4.90 Å². The van der Waals surface area contributed by atoms with Crippen molar-refractivity contribution >= 4 is 0 Å². The van der Waals surface area contributed by atoms with Gasteiger partial charge in [0.05, 0.1) is 13.2 Å². The predicted molar refractivity (Wildman–Crippen MR) is 65.2 cm³/mol. The summed E-state index contributed by atoms with van der Waals surface area (Å²) in [6.45, 7) is -0.217. The third kappa shape index (κ3) is 2.71. The summed E-state index contributed by atoms with van der Waals surface area (Å²) in [6, 6.07) is -0.529. The van der Waals surface area contributed by atoms with Gasteiger partial charge in [0.1, 0.15) is 0 Å². The molecule has 9 heteroatoms. The summed E-state index contributed by atoms with van der Waals surface area (Å²) in [5, 5.41) is 9.49. The van der Waals surface area contributed by atoms with Crippen LogP contribution in [0.15, 0.2) is 0 Å². The van der Waals surface area contributed by atoms with E-state index >= 15 is 0 Å². The quantitative estimate of drug-likeness (QED) is 0.802. The number of hydrogen-bond donors (Lipinski definition) is 1. The highest BCUT2D eigenvalue weighted by Crippen LogP contribution is 2.47. The summed E-state index contributed by atoms with van der Waals surface area (Å²) in [5.74, 6) is 0. The first kappa shape index (κ1) is 17.8. The van der Waals surface area contributed by atoms with Gasteiger partial charge in [0.2, 0.25) is 0 Å². The minimum Gasteiger partial charge on any atom is -0.394 e. The maximum atomic E-state index is 12.8. The van der Waals surface area contributed by atoms with Crippen molar-refractivity contribution in [2.45, 2.75) is 62.1 Å². The van der Waals surface area contributed by atoms with Crippen LogP contribution in [0.5, 0.6) is 0 Å². The molecule has 0 aromatic rings. The molecule has 3 nitrogen and oxygen atoms in total. The van der Waals surface area contributed by atoms with Crippen LogP contribution in [0.4, 0.5) is 26.3 Å². The average molecular weight is 335 g/mol. The van der Waals surface area contributed by atoms with Gasteiger partial charge in [-0.15, -0.1) is 0 Å². The topological polar surface area (TPSA) is 32.7 Å². The Bertz CT molecular complexity index is 396. The van der Waals surface area contributed by atoms with Crippen LogP contribution in [-0.4, -0.2) is 59.3 Å². The van der Waals surface area contributed by atoms with Crippen LogP contribution in [0, 0.1) is 0 Å². The summed E-state index contributed by atoms with van der Waals surface area (Å²) >= 11 is 0. The molecule has 0 aromatic carbocycles. The molecule has 2 fully saturated rings. The van der Waals surface area contributed by atoms with E-state index in [1.165, 1.54) is 0 Å². The van der Waals surface area contributed by atoms with E-state index in [0.29, 0.717) is 25.8 Å². The Morgan fingerprint density at radius 1 is 1.14 bits per heavy atom. The number of ether oxygens (including phenoxy) is 1. The molecule has 1 unspecified atom stereocenters. The van der Waals surface area contributed by atoms with E-state index in [-0.39, 0.29) is 13.5 Å². The van der Waals surface area contributed by atoms with Crippen molar-refractivity contribution in [3.05, 3.63) is 0 Å². The maximum absolute atomic E-state index is 12.8. The molecule has 0 amide bonds. The van der Waals surface area contributed by atoms with E-state index in [2.05, 4.69) is 4.74 Å². The Morgan fingerprint density at radius 2 is 1.73 bits per heavy atom. The lowest BCUT2D eigenvalue weighted by molar-refractivity contribution is -0.375. The lowest BCUT2D eigenvalue weighted by Crippen LogP contribution is -2.58. The van der Waals surface area contributed by atoms with Gasteiger partial charge in [-0.2, -0.15) is 26.3 Å². The lowest BCUT2D eigenvalue weighted by atomic mass is 9.95. The molecule has 2 aliphatic heterocycles. The molecule has 0 saturated carbocycles. The van der Waals surface area contributed by atoms with Gasteiger partial charge in [-0.1, -0.05) is 0 Å². The van der Waals surface area contributed by atoms with Crippen molar-refractivity contribution in [2.24, 2.45) is 0 Å². The van der Waals surface area contributed by atoms with Crippen LogP contribution >= 0.6 is 0 Å². The number of hydrogen-bond acceptors (Lipinski definition) is 3. The summed E-state index contributed by atoms with van der Waals surface area (Å²) in [4.78, 5) is 1.81. The molecule has 1 N–H and O–H groups in total. The SMILES string of the molecule is CC(OCC1CC[C@]2(CO)CCCN12)(C(F)(F)F)C(F)(F)F. The molecule has 2 aliphatic rings. The Kier molecular flexibility index (Phi) is 4.47. The number of fused-ring (bicyclic) bond motifs is 1. The fourth-order valence-corrected chi connectivity index (χ4v) is 3.40. The highest BCUT2D eigenvalue weighted by Gasteiger charge is 2.69. The van der Waals surface area contributed by atoms with Gasteiger partial charge < -0.3 is 9.84 Å². The van der Waals surface area contributed by atoms with Crippen molar-refractivity contribution < 1.29 is 36.2 Å². The Hall–Kier alpha value is -0.540. The second-order valence-corrected chi connectivity index (χ2v) is 6.21. The summed E-state index contributed by atoms with van der Waals surface area (Å²) in [7, 11) is 0. The second-order valence-electron chi connectivity index (χ2n) is 6.21. The molecular weight excluding hydrogens is 316 g/mol. The molecule has 2 rings (SSSR count). The molecule has 0 bridgehead atoms. The van der Waals surface area contributed by atoms with Crippen molar-refractivity contribution in [2.75, 3.05) is 19.8 Å². The van der Waals surface area contributed by atoms with Gasteiger partial charge in [0, 0.05) is 11.6 Å². The van der Waals surface area contributed by atoms with Crippen LogP contribution < -0.4 is 0 Å². The standard InChI is InChI=1S/C13H19F6NO2/c1-10(12(14,15)16,13(17,18)19)22-7-9-3-5-11(8-21)4-2-6-20(9)11/h9,21H,2-8H2,1H3/t9?,11-/m0/s1. The Labute approximate surface area is 124 Å². The van der Waals surface area contributed by atoms with E-state index in [4.69, 9.17) is 0 Å². The zero-order valence-electron chi connectivity index (χ0n) is 12.1. The van der Waals surface area contributed by atoms with Gasteiger partial charge in [0.25, 0.3) is 5.60 Å². The van der Waals surface area contributed by atoms with Crippen LogP contribution in [0.2, 0.25) is 0 Å². The van der Waals surface area contributed by atoms with Crippen LogP contribution in [-0.2, 0) is 4.74 Å². The average Bonchev–Trinajstić information content (AvgIpc) is 2.92. The molecule has 130 valence electrons. The number of halogens is 6. The molecule has 0 aliphatic carbocycles. The highest BCUT2D eigenvalue weighted by molar-refractivity contribution is 5.04. The number of alkyl halides is 6. The maximum Gasteiger partial charge on any atom is 0.426 e. The van der Waals surface area contributed by atoms with Crippen molar-refractivity contribution in [3.8, 4) is 0 Å². The van der Waals surface area contributed by atoms with Gasteiger partial charge in [-0.25, -0.2) is 0 Å². The fourth-order valence-electron chi connectivity index (χ4n) is 3.40. The Balaban J connectivity index is 2.09. The first-order chi connectivity index (χ1) is 9.97. The summed E-state index contributed by atoms with van der Waals surface area (Å²) < 4.78 is 81.1. The highest BCUT2D eigenvalue weighted by atomic mass is 19.4. The smallest absolute Gasteiger partial charge is 0.394 e. The molecule has 0 aromatic heterocycles. The number of aliphatic hydroxyl groups is 1. The van der Waals surface area contributed by atoms with Crippen LogP contribution in [0.1, 0.15) is 32.6 Å². The third-order valence-corrected chi connectivity index (χ3v) is 4.97. The fraction of sp³-hybridized carbons (Fsp3) is 1.00. The Morgan fingerprint density at radius 3 is 2.23 bits per heavy atom. The second kappa shape index (κ2) is 5.52. The largest absolute Gasteiger partial charge is 0.426 e. The summed E-state index contributed by atoms with van der Waals surface area (Å²) in [6.07, 6.45) is -8.62. The van der Waals surface area contributed by atoms with Crippen molar-refractivity contribution in [3.63, 3.8) is 0 Å². The molecule has 22 heavy (non-hydrogen) atoms. The molecule has 2 heterocycles. The first-order valence-electron chi connectivity index (χ1n) is 7.12. The monoisotopic (exact) mass is 335 g/mol. The zero-order valence-corrected chi connectivity index (χ0v) is 12.1. The van der Waals surface area contributed by atoms with E-state index in [1.807, 2.05) is 0 Å². The molecular formula is C13H19F6NO2. The number of rotatable bonds is 4. The van der Waals surface area contributed by atoms with E-state index < -0.39 is 36.1 Å². The molecule has 2 saturated heterocycles. The predicted octanol–water partition coefficient (Wildman–Crippen LogP) is 2.88. The van der Waals surface area contributed by atoms with Gasteiger partial charge >= 0.3 is 12.4 Å². The summed E-state index contributed by atoms with van der Waals surface area (Å²) in [5.41, 5.74) is -4.68. The molecule has 0 radical (unpaired) electrons. The first-order valence-corrected chi connectivity index (χ1v) is 7.12.